The molecular weight excluding hydrogens is 316 g/mol. The summed E-state index contributed by atoms with van der Waals surface area (Å²) in [4.78, 5) is 0. The lowest BCUT2D eigenvalue weighted by Gasteiger charge is -2.07. The fraction of sp³-hybridized carbons (Fsp3) is 0.333. The lowest BCUT2D eigenvalue weighted by atomic mass is 10.2. The number of benzene rings is 1. The van der Waals surface area contributed by atoms with Crippen molar-refractivity contribution < 1.29 is 8.63 Å². The molecule has 0 fully saturated rings. The second-order valence-electron chi connectivity index (χ2n) is 3.96. The van der Waals surface area contributed by atoms with Crippen molar-refractivity contribution >= 4 is 26.7 Å². The molecule has 2 aromatic rings. The molecule has 6 heteroatoms. The van der Waals surface area contributed by atoms with Gasteiger partial charge in [-0.2, -0.15) is 0 Å². The lowest BCUT2D eigenvalue weighted by Crippen LogP contribution is -2.05. The van der Waals surface area contributed by atoms with Crippen molar-refractivity contribution in [2.24, 2.45) is 0 Å². The summed E-state index contributed by atoms with van der Waals surface area (Å²) in [7, 11) is -1.08. The smallest absolute Gasteiger partial charge is 0.231 e. The van der Waals surface area contributed by atoms with Crippen molar-refractivity contribution in [3.05, 3.63) is 46.1 Å². The summed E-state index contributed by atoms with van der Waals surface area (Å²) in [6.07, 6.45) is 0. The molecule has 0 radical (unpaired) electrons. The second kappa shape index (κ2) is 5.75. The minimum absolute atomic E-state index is 0.259. The van der Waals surface area contributed by atoms with Crippen LogP contribution in [0.4, 0.5) is 0 Å². The second-order valence-corrected chi connectivity index (χ2v) is 6.63. The van der Waals surface area contributed by atoms with Crippen molar-refractivity contribution in [1.29, 1.82) is 0 Å². The van der Waals surface area contributed by atoms with E-state index in [9.17, 15) is 4.21 Å². The average Bonchev–Trinajstić information content (AvgIpc) is 2.75. The van der Waals surface area contributed by atoms with E-state index in [0.717, 1.165) is 10.0 Å². The van der Waals surface area contributed by atoms with Crippen LogP contribution in [0.3, 0.4) is 0 Å². The van der Waals surface area contributed by atoms with Crippen molar-refractivity contribution in [2.75, 3.05) is 0 Å². The van der Waals surface area contributed by atoms with Gasteiger partial charge in [-0.15, -0.1) is 10.2 Å². The predicted octanol–water partition coefficient (Wildman–Crippen LogP) is 3.15. The number of hydrogen-bond donors (Lipinski definition) is 0. The first kappa shape index (κ1) is 13.4. The van der Waals surface area contributed by atoms with Gasteiger partial charge in [0.15, 0.2) is 0 Å². The third-order valence-electron chi connectivity index (χ3n) is 2.48. The van der Waals surface area contributed by atoms with Crippen LogP contribution in [0.5, 0.6) is 0 Å². The summed E-state index contributed by atoms with van der Waals surface area (Å²) >= 11 is 3.40. The van der Waals surface area contributed by atoms with Crippen LogP contribution in [-0.4, -0.2) is 14.4 Å². The minimum atomic E-state index is -1.08. The zero-order valence-corrected chi connectivity index (χ0v) is 12.5. The first-order chi connectivity index (χ1) is 8.56. The van der Waals surface area contributed by atoms with Crippen LogP contribution in [-0.2, 0) is 16.6 Å². The van der Waals surface area contributed by atoms with E-state index in [4.69, 9.17) is 4.42 Å². The summed E-state index contributed by atoms with van der Waals surface area (Å²) in [6.45, 7) is 3.56. The average molecular weight is 329 g/mol. The van der Waals surface area contributed by atoms with E-state index in [1.54, 1.807) is 6.92 Å². The molecule has 2 rings (SSSR count). The molecule has 0 spiro atoms. The molecule has 96 valence electrons. The summed E-state index contributed by atoms with van der Waals surface area (Å²) in [5.41, 5.74) is 1.02. The number of aryl methyl sites for hydroxylation is 1. The Labute approximate surface area is 116 Å². The van der Waals surface area contributed by atoms with Crippen molar-refractivity contribution in [3.63, 3.8) is 0 Å². The number of nitrogens with zero attached hydrogens (tertiary/aromatic N) is 2. The first-order valence-electron chi connectivity index (χ1n) is 5.48. The van der Waals surface area contributed by atoms with Gasteiger partial charge < -0.3 is 4.42 Å². The van der Waals surface area contributed by atoms with Gasteiger partial charge in [-0.3, -0.25) is 4.21 Å². The molecule has 2 atom stereocenters. The molecule has 0 saturated heterocycles. The highest BCUT2D eigenvalue weighted by atomic mass is 79.9. The SMILES string of the molecule is Cc1nnc([C@H](C)[S@@](=O)Cc2cccc(Br)c2)o1. The molecule has 1 aromatic carbocycles. The van der Waals surface area contributed by atoms with Crippen molar-refractivity contribution in [2.45, 2.75) is 24.9 Å². The normalized spacial score (nSPS) is 14.4. The molecule has 18 heavy (non-hydrogen) atoms. The first-order valence-corrected chi connectivity index (χ1v) is 7.65. The fourth-order valence-corrected chi connectivity index (χ4v) is 3.03. The highest BCUT2D eigenvalue weighted by molar-refractivity contribution is 9.10. The Morgan fingerprint density at radius 3 is 2.83 bits per heavy atom. The summed E-state index contributed by atoms with van der Waals surface area (Å²) in [5.74, 6) is 1.40. The quantitative estimate of drug-likeness (QED) is 0.865. The molecule has 1 aromatic heterocycles. The topological polar surface area (TPSA) is 56.0 Å². The number of hydrogen-bond acceptors (Lipinski definition) is 4. The van der Waals surface area contributed by atoms with E-state index in [1.165, 1.54) is 0 Å². The van der Waals surface area contributed by atoms with E-state index in [2.05, 4.69) is 26.1 Å². The summed E-state index contributed by atoms with van der Waals surface area (Å²) in [5, 5.41) is 7.40. The molecule has 0 amide bonds. The van der Waals surface area contributed by atoms with Crippen LogP contribution in [0.25, 0.3) is 0 Å². The van der Waals surface area contributed by atoms with Crippen LogP contribution in [0.2, 0.25) is 0 Å². The fourth-order valence-electron chi connectivity index (χ4n) is 1.50. The van der Waals surface area contributed by atoms with Gasteiger partial charge in [0.1, 0.15) is 5.25 Å². The zero-order valence-electron chi connectivity index (χ0n) is 10.1. The predicted molar refractivity (Wildman–Crippen MR) is 73.4 cm³/mol. The molecule has 0 aliphatic carbocycles. The van der Waals surface area contributed by atoms with E-state index in [0.29, 0.717) is 17.5 Å². The van der Waals surface area contributed by atoms with Gasteiger partial charge in [0.25, 0.3) is 0 Å². The molecule has 0 aliphatic heterocycles. The van der Waals surface area contributed by atoms with Crippen LogP contribution < -0.4 is 0 Å². The van der Waals surface area contributed by atoms with Gasteiger partial charge in [0.05, 0.1) is 0 Å². The van der Waals surface area contributed by atoms with Gasteiger partial charge in [0.2, 0.25) is 11.8 Å². The zero-order chi connectivity index (χ0) is 13.1. The highest BCUT2D eigenvalue weighted by Gasteiger charge is 2.19. The molecular formula is C12H13BrN2O2S. The maximum atomic E-state index is 12.2. The maximum Gasteiger partial charge on any atom is 0.231 e. The van der Waals surface area contributed by atoms with Gasteiger partial charge >= 0.3 is 0 Å². The van der Waals surface area contributed by atoms with Crippen LogP contribution in [0.1, 0.15) is 29.5 Å². The molecule has 0 unspecified atom stereocenters. The molecule has 0 N–H and O–H groups in total. The van der Waals surface area contributed by atoms with Crippen LogP contribution in [0.15, 0.2) is 33.2 Å². The lowest BCUT2D eigenvalue weighted by molar-refractivity contribution is 0.467. The van der Waals surface area contributed by atoms with E-state index in [1.807, 2.05) is 31.2 Å². The molecule has 1 heterocycles. The Morgan fingerprint density at radius 2 is 2.22 bits per heavy atom. The Kier molecular flexibility index (Phi) is 4.29. The highest BCUT2D eigenvalue weighted by Crippen LogP contribution is 2.21. The molecule has 0 saturated carbocycles. The van der Waals surface area contributed by atoms with E-state index < -0.39 is 10.8 Å². The molecule has 0 bridgehead atoms. The Morgan fingerprint density at radius 1 is 1.44 bits per heavy atom. The van der Waals surface area contributed by atoms with Crippen molar-refractivity contribution in [1.82, 2.24) is 10.2 Å². The van der Waals surface area contributed by atoms with Gasteiger partial charge in [-0.05, 0) is 24.6 Å². The van der Waals surface area contributed by atoms with Gasteiger partial charge in [0, 0.05) is 27.9 Å². The number of aromatic nitrogens is 2. The number of rotatable bonds is 4. The third kappa shape index (κ3) is 3.26. The largest absolute Gasteiger partial charge is 0.424 e. The third-order valence-corrected chi connectivity index (χ3v) is 4.58. The standard InChI is InChI=1S/C12H13BrN2O2S/c1-8(12-15-14-9(2)17-12)18(16)7-10-4-3-5-11(13)6-10/h3-6,8H,7H2,1-2H3/t8-,18-/m0/s1. The minimum Gasteiger partial charge on any atom is -0.424 e. The Hall–Kier alpha value is -1.01. The maximum absolute atomic E-state index is 12.2. The summed E-state index contributed by atoms with van der Waals surface area (Å²) in [6, 6.07) is 7.79. The van der Waals surface area contributed by atoms with E-state index in [-0.39, 0.29) is 5.25 Å². The molecule has 4 nitrogen and oxygen atoms in total. The van der Waals surface area contributed by atoms with Gasteiger partial charge in [-0.1, -0.05) is 28.1 Å². The Balaban J connectivity index is 2.08. The van der Waals surface area contributed by atoms with Crippen LogP contribution in [0, 0.1) is 6.92 Å². The number of halogens is 1. The van der Waals surface area contributed by atoms with E-state index >= 15 is 0 Å². The summed E-state index contributed by atoms with van der Waals surface area (Å²) < 4.78 is 18.5. The van der Waals surface area contributed by atoms with Crippen LogP contribution >= 0.6 is 15.9 Å². The molecule has 0 aliphatic rings. The van der Waals surface area contributed by atoms with Crippen molar-refractivity contribution in [3.8, 4) is 0 Å². The Bertz CT molecular complexity index is 571. The monoisotopic (exact) mass is 328 g/mol. The van der Waals surface area contributed by atoms with Gasteiger partial charge in [-0.25, -0.2) is 0 Å².